The Morgan fingerprint density at radius 2 is 1.76 bits per heavy atom. The molecule has 1 N–H and O–H groups in total. The van der Waals surface area contributed by atoms with Crippen molar-refractivity contribution < 1.29 is 24.0 Å². The minimum Gasteiger partial charge on any atom is -0.461 e. The fourth-order valence-electron chi connectivity index (χ4n) is 2.86. The van der Waals surface area contributed by atoms with E-state index in [1.54, 1.807) is 42.5 Å². The van der Waals surface area contributed by atoms with Crippen molar-refractivity contribution in [2.75, 3.05) is 5.32 Å². The first-order valence-electron chi connectivity index (χ1n) is 10.0. The van der Waals surface area contributed by atoms with Gasteiger partial charge in [-0.25, -0.2) is 0 Å². The second-order valence-electron chi connectivity index (χ2n) is 7.17. The first-order chi connectivity index (χ1) is 15.8. The molecule has 33 heavy (non-hydrogen) atoms. The normalized spacial score (nSPS) is 10.4. The number of amides is 1. The number of rotatable bonds is 9. The van der Waals surface area contributed by atoms with Gasteiger partial charge in [-0.15, -0.1) is 0 Å². The number of nitrogens with one attached hydrogen (secondary N) is 1. The Labute approximate surface area is 195 Å². The topological polar surface area (TPSA) is 108 Å². The third-order valence-corrected chi connectivity index (χ3v) is 4.85. The number of anilines is 1. The number of nitro groups is 1. The fraction of sp³-hybridized carbons (Fsp3) is 0.167. The van der Waals surface area contributed by atoms with E-state index < -0.39 is 10.9 Å². The van der Waals surface area contributed by atoms with Gasteiger partial charge in [0.1, 0.15) is 18.1 Å². The maximum absolute atomic E-state index is 12.1. The third kappa shape index (κ3) is 7.33. The summed E-state index contributed by atoms with van der Waals surface area (Å²) in [7, 11) is 0. The number of hydrogen-bond acceptors (Lipinski definition) is 6. The van der Waals surface area contributed by atoms with Crippen molar-refractivity contribution in [3.05, 3.63) is 93.0 Å². The third-order valence-electron chi connectivity index (χ3n) is 4.61. The molecule has 1 amide bonds. The molecule has 0 bridgehead atoms. The van der Waals surface area contributed by atoms with Gasteiger partial charge in [0.15, 0.2) is 0 Å². The lowest BCUT2D eigenvalue weighted by molar-refractivity contribution is -0.384. The van der Waals surface area contributed by atoms with Gasteiger partial charge in [-0.2, -0.15) is 0 Å². The number of nitrogens with zero attached hydrogens (tertiary/aromatic N) is 1. The SMILES string of the molecule is Cc1ccc(Cl)cc1NC(=O)CCC(=O)OCc1cccc(Oc2ccc([N+](=O)[O-])cc2)c1. The fourth-order valence-corrected chi connectivity index (χ4v) is 3.04. The highest BCUT2D eigenvalue weighted by molar-refractivity contribution is 6.31. The summed E-state index contributed by atoms with van der Waals surface area (Å²) >= 11 is 5.94. The predicted molar refractivity (Wildman–Crippen MR) is 123 cm³/mol. The van der Waals surface area contributed by atoms with Crippen LogP contribution in [0.2, 0.25) is 5.02 Å². The molecule has 0 aromatic heterocycles. The Balaban J connectivity index is 1.46. The molecule has 0 aliphatic carbocycles. The number of benzene rings is 3. The van der Waals surface area contributed by atoms with Gasteiger partial charge < -0.3 is 14.8 Å². The smallest absolute Gasteiger partial charge is 0.306 e. The molecule has 0 saturated carbocycles. The van der Waals surface area contributed by atoms with E-state index in [1.807, 2.05) is 6.92 Å². The molecular formula is C24H21ClN2O6. The molecule has 0 saturated heterocycles. The van der Waals surface area contributed by atoms with Crippen LogP contribution >= 0.6 is 11.6 Å². The van der Waals surface area contributed by atoms with E-state index in [4.69, 9.17) is 21.1 Å². The highest BCUT2D eigenvalue weighted by atomic mass is 35.5. The van der Waals surface area contributed by atoms with E-state index in [-0.39, 0.29) is 31.0 Å². The molecular weight excluding hydrogens is 448 g/mol. The molecule has 0 aliphatic heterocycles. The zero-order valence-electron chi connectivity index (χ0n) is 17.7. The highest BCUT2D eigenvalue weighted by Crippen LogP contribution is 2.25. The van der Waals surface area contributed by atoms with Crippen LogP contribution in [0.15, 0.2) is 66.7 Å². The first kappa shape index (κ1) is 23.7. The average Bonchev–Trinajstić information content (AvgIpc) is 2.79. The van der Waals surface area contributed by atoms with Crippen LogP contribution in [0.1, 0.15) is 24.0 Å². The second kappa shape index (κ2) is 11.1. The van der Waals surface area contributed by atoms with Gasteiger partial charge in [0.25, 0.3) is 5.69 Å². The predicted octanol–water partition coefficient (Wildman–Crippen LogP) is 5.81. The van der Waals surface area contributed by atoms with E-state index in [0.29, 0.717) is 27.8 Å². The van der Waals surface area contributed by atoms with E-state index in [1.165, 1.54) is 24.3 Å². The lowest BCUT2D eigenvalue weighted by Gasteiger charge is -2.10. The highest BCUT2D eigenvalue weighted by Gasteiger charge is 2.11. The summed E-state index contributed by atoms with van der Waals surface area (Å²) in [5.41, 5.74) is 2.14. The first-order valence-corrected chi connectivity index (χ1v) is 10.4. The van der Waals surface area contributed by atoms with Crippen molar-refractivity contribution in [2.45, 2.75) is 26.4 Å². The monoisotopic (exact) mass is 468 g/mol. The van der Waals surface area contributed by atoms with Crippen molar-refractivity contribution in [3.8, 4) is 11.5 Å². The summed E-state index contributed by atoms with van der Waals surface area (Å²) < 4.78 is 10.9. The van der Waals surface area contributed by atoms with E-state index >= 15 is 0 Å². The molecule has 3 aromatic rings. The maximum Gasteiger partial charge on any atom is 0.306 e. The molecule has 0 spiro atoms. The molecule has 0 fully saturated rings. The van der Waals surface area contributed by atoms with Crippen LogP contribution in [0.4, 0.5) is 11.4 Å². The molecule has 170 valence electrons. The van der Waals surface area contributed by atoms with Crippen molar-refractivity contribution in [1.29, 1.82) is 0 Å². The molecule has 3 aromatic carbocycles. The average molecular weight is 469 g/mol. The Kier molecular flexibility index (Phi) is 7.99. The van der Waals surface area contributed by atoms with Crippen molar-refractivity contribution in [1.82, 2.24) is 0 Å². The zero-order chi connectivity index (χ0) is 23.8. The Hall–Kier alpha value is -3.91. The molecule has 0 heterocycles. The minimum absolute atomic E-state index is 0.0192. The summed E-state index contributed by atoms with van der Waals surface area (Å²) in [6, 6.07) is 17.8. The van der Waals surface area contributed by atoms with Crippen LogP contribution in [0, 0.1) is 17.0 Å². The summed E-state index contributed by atoms with van der Waals surface area (Å²) in [6.45, 7) is 1.87. The Morgan fingerprint density at radius 3 is 2.48 bits per heavy atom. The molecule has 9 heteroatoms. The van der Waals surface area contributed by atoms with E-state index in [9.17, 15) is 19.7 Å². The summed E-state index contributed by atoms with van der Waals surface area (Å²) in [5.74, 6) is 0.120. The molecule has 0 unspecified atom stereocenters. The second-order valence-corrected chi connectivity index (χ2v) is 7.61. The van der Waals surface area contributed by atoms with Crippen LogP contribution in [0.5, 0.6) is 11.5 Å². The van der Waals surface area contributed by atoms with Crippen LogP contribution in [-0.4, -0.2) is 16.8 Å². The number of nitro benzene ring substituents is 1. The molecule has 3 rings (SSSR count). The lowest BCUT2D eigenvalue weighted by Crippen LogP contribution is -2.15. The minimum atomic E-state index is -0.505. The number of ether oxygens (including phenoxy) is 2. The summed E-state index contributed by atoms with van der Waals surface area (Å²) in [6.07, 6.45) is -0.0848. The van der Waals surface area contributed by atoms with Gasteiger partial charge in [-0.05, 0) is 54.4 Å². The number of hydrogen-bond donors (Lipinski definition) is 1. The largest absolute Gasteiger partial charge is 0.461 e. The van der Waals surface area contributed by atoms with Crippen molar-refractivity contribution in [2.24, 2.45) is 0 Å². The Morgan fingerprint density at radius 1 is 1.00 bits per heavy atom. The number of carbonyl (C=O) groups excluding carboxylic acids is 2. The molecule has 0 radical (unpaired) electrons. The van der Waals surface area contributed by atoms with E-state index in [2.05, 4.69) is 5.32 Å². The number of aryl methyl sites for hydroxylation is 1. The quantitative estimate of drug-likeness (QED) is 0.241. The van der Waals surface area contributed by atoms with Gasteiger partial charge in [-0.1, -0.05) is 29.8 Å². The maximum atomic E-state index is 12.1. The van der Waals surface area contributed by atoms with Crippen LogP contribution in [0.25, 0.3) is 0 Å². The van der Waals surface area contributed by atoms with Gasteiger partial charge in [-0.3, -0.25) is 19.7 Å². The van der Waals surface area contributed by atoms with Crippen molar-refractivity contribution in [3.63, 3.8) is 0 Å². The Bertz CT molecular complexity index is 1160. The summed E-state index contributed by atoms with van der Waals surface area (Å²) in [4.78, 5) is 34.4. The number of esters is 1. The molecule has 0 atom stereocenters. The summed E-state index contributed by atoms with van der Waals surface area (Å²) in [5, 5.41) is 14.0. The van der Waals surface area contributed by atoms with E-state index in [0.717, 1.165) is 5.56 Å². The standard InChI is InChI=1S/C24H21ClN2O6/c1-16-5-6-18(25)14-22(16)26-23(28)11-12-24(29)32-15-17-3-2-4-21(13-17)33-20-9-7-19(8-10-20)27(30)31/h2-10,13-14H,11-12,15H2,1H3,(H,26,28). The molecule has 0 aliphatic rings. The van der Waals surface area contributed by atoms with Crippen LogP contribution in [0.3, 0.4) is 0 Å². The number of carbonyl (C=O) groups is 2. The molecule has 8 nitrogen and oxygen atoms in total. The zero-order valence-corrected chi connectivity index (χ0v) is 18.5. The number of non-ortho nitro benzene ring substituents is 1. The van der Waals surface area contributed by atoms with Gasteiger partial charge in [0, 0.05) is 29.3 Å². The van der Waals surface area contributed by atoms with Crippen LogP contribution in [-0.2, 0) is 20.9 Å². The lowest BCUT2D eigenvalue weighted by atomic mass is 10.2. The van der Waals surface area contributed by atoms with Gasteiger partial charge in [0.2, 0.25) is 5.91 Å². The van der Waals surface area contributed by atoms with Crippen LogP contribution < -0.4 is 10.1 Å². The van der Waals surface area contributed by atoms with Gasteiger partial charge >= 0.3 is 5.97 Å². The number of halogens is 1. The van der Waals surface area contributed by atoms with Crippen molar-refractivity contribution >= 4 is 34.9 Å². The van der Waals surface area contributed by atoms with Gasteiger partial charge in [0.05, 0.1) is 11.3 Å².